The minimum atomic E-state index is -1.69. The first-order valence-corrected chi connectivity index (χ1v) is 16.3. The monoisotopic (exact) mass is 645 g/mol. The van der Waals surface area contributed by atoms with Crippen LogP contribution < -0.4 is 10.6 Å². The highest BCUT2D eigenvalue weighted by Crippen LogP contribution is 2.53. The number of nitrogens with one attached hydrogen (secondary N) is 2. The molecule has 12 heteroatoms. The van der Waals surface area contributed by atoms with Gasteiger partial charge in [0, 0.05) is 50.4 Å². The van der Waals surface area contributed by atoms with E-state index < -0.39 is 12.3 Å². The Morgan fingerprint density at radius 2 is 1.78 bits per heavy atom. The quantitative estimate of drug-likeness (QED) is 0.101. The molecular formula is C34H53F2N7O3. The number of hydrogen-bond donors (Lipinski definition) is 2. The number of piperidine rings is 2. The molecule has 2 aliphatic carbocycles. The second-order valence-corrected chi connectivity index (χ2v) is 11.8. The van der Waals surface area contributed by atoms with Crippen LogP contribution in [0, 0.1) is 11.3 Å². The average Bonchev–Trinajstić information content (AvgIpc) is 3.05. The summed E-state index contributed by atoms with van der Waals surface area (Å²) in [5, 5.41) is 11.5. The Bertz CT molecular complexity index is 1120. The predicted octanol–water partition coefficient (Wildman–Crippen LogP) is 5.12. The first kappa shape index (κ1) is 38.7. The number of ether oxygens (including phenoxy) is 1. The van der Waals surface area contributed by atoms with E-state index in [1.165, 1.54) is 18.7 Å². The van der Waals surface area contributed by atoms with Crippen molar-refractivity contribution in [1.82, 2.24) is 20.4 Å². The van der Waals surface area contributed by atoms with E-state index in [2.05, 4.69) is 62.7 Å². The molecule has 3 unspecified atom stereocenters. The fourth-order valence-corrected chi connectivity index (χ4v) is 6.20. The van der Waals surface area contributed by atoms with Crippen molar-refractivity contribution in [2.45, 2.75) is 84.1 Å². The number of hydrogen-bond acceptors (Lipinski definition) is 8. The van der Waals surface area contributed by atoms with E-state index in [1.807, 2.05) is 19.9 Å². The van der Waals surface area contributed by atoms with Crippen molar-refractivity contribution in [3.8, 4) is 0 Å². The number of allylic oxidation sites excluding steroid dienone is 4. The molecule has 2 heterocycles. The molecule has 0 aromatic carbocycles. The zero-order valence-corrected chi connectivity index (χ0v) is 27.8. The summed E-state index contributed by atoms with van der Waals surface area (Å²) < 4.78 is 31.8. The molecule has 2 saturated heterocycles. The van der Waals surface area contributed by atoms with Crippen LogP contribution in [-0.4, -0.2) is 99.7 Å². The topological polar surface area (TPSA) is 111 Å². The van der Waals surface area contributed by atoms with E-state index in [9.17, 15) is 18.4 Å². The van der Waals surface area contributed by atoms with E-state index in [-0.39, 0.29) is 25.2 Å². The van der Waals surface area contributed by atoms with Crippen LogP contribution in [0.25, 0.3) is 0 Å². The van der Waals surface area contributed by atoms with Crippen LogP contribution in [0.3, 0.4) is 0 Å². The Kier molecular flexibility index (Phi) is 17.3. The van der Waals surface area contributed by atoms with Crippen LogP contribution >= 0.6 is 0 Å². The number of carbonyl (C=O) groups is 2. The molecule has 2 aliphatic heterocycles. The number of alkyl halides is 2. The maximum absolute atomic E-state index is 13.4. The summed E-state index contributed by atoms with van der Waals surface area (Å²) in [6.07, 6.45) is 13.4. The van der Waals surface area contributed by atoms with Gasteiger partial charge in [-0.3, -0.25) is 19.5 Å². The van der Waals surface area contributed by atoms with Gasteiger partial charge in [0.05, 0.1) is 5.70 Å². The maximum Gasteiger partial charge on any atom is 0.250 e. The van der Waals surface area contributed by atoms with Crippen molar-refractivity contribution in [2.75, 3.05) is 39.5 Å². The van der Waals surface area contributed by atoms with Gasteiger partial charge in [-0.15, -0.1) is 0 Å². The lowest BCUT2D eigenvalue weighted by molar-refractivity contribution is -0.149. The molecule has 4 rings (SSSR count). The van der Waals surface area contributed by atoms with Crippen LogP contribution in [0.1, 0.15) is 65.7 Å². The van der Waals surface area contributed by atoms with Gasteiger partial charge in [-0.25, -0.2) is 8.78 Å². The second-order valence-electron chi connectivity index (χ2n) is 11.8. The minimum Gasteiger partial charge on any atom is -0.363 e. The molecule has 0 aromatic heterocycles. The highest BCUT2D eigenvalue weighted by atomic mass is 19.2. The van der Waals surface area contributed by atoms with E-state index >= 15 is 0 Å². The zero-order valence-electron chi connectivity index (χ0n) is 27.8. The Labute approximate surface area is 273 Å². The lowest BCUT2D eigenvalue weighted by atomic mass is 9.57. The summed E-state index contributed by atoms with van der Waals surface area (Å²) >= 11 is 0. The summed E-state index contributed by atoms with van der Waals surface area (Å²) in [4.78, 5) is 33.5. The third-order valence-electron chi connectivity index (χ3n) is 8.70. The Morgan fingerprint density at radius 3 is 2.39 bits per heavy atom. The van der Waals surface area contributed by atoms with E-state index in [0.717, 1.165) is 76.9 Å². The molecule has 1 saturated carbocycles. The van der Waals surface area contributed by atoms with Crippen molar-refractivity contribution in [3.63, 3.8) is 0 Å². The van der Waals surface area contributed by atoms with Crippen LogP contribution in [0.2, 0.25) is 0 Å². The van der Waals surface area contributed by atoms with Crippen LogP contribution in [0.5, 0.6) is 0 Å². The first-order valence-electron chi connectivity index (χ1n) is 16.3. The Hall–Kier alpha value is -3.51. The number of nitrogens with zero attached hydrogens (tertiary/aromatic N) is 5. The summed E-state index contributed by atoms with van der Waals surface area (Å²) in [5.41, 5.74) is 1.24. The number of aliphatic imine (C=N–C) groups is 1. The molecule has 3 fully saturated rings. The average molecular weight is 646 g/mol. The van der Waals surface area contributed by atoms with Crippen LogP contribution in [0.15, 0.2) is 63.2 Å². The molecule has 0 aromatic rings. The maximum atomic E-state index is 13.4. The molecule has 1 spiro atoms. The van der Waals surface area contributed by atoms with Gasteiger partial charge in [-0.2, -0.15) is 10.2 Å². The standard InChI is InChI=1S/C30H43F2N5O3.C2H4N2.C2H6/c1-22-6-3-4-13-37(22)29(39)23-17-30(18-23)10-14-36(15-11-30)12-5-7-25(19-33-2)35-28(38)20-40-21-34-24-8-9-26(31)27(32)16-24;1-3-4-2;1-2/h5,7-9,16,19,22-23,26-27,34H,2-4,6,10-15,17-18,20-21H2,1H3,(H,35,38);1-2H2;1-2H3/b7-5-,25-19+;;. The molecule has 2 amide bonds. The van der Waals surface area contributed by atoms with Crippen molar-refractivity contribution in [1.29, 1.82) is 0 Å². The molecule has 10 nitrogen and oxygen atoms in total. The molecule has 0 radical (unpaired) electrons. The normalized spacial score (nSPS) is 24.4. The van der Waals surface area contributed by atoms with Crippen LogP contribution in [0.4, 0.5) is 8.78 Å². The van der Waals surface area contributed by atoms with Crippen LogP contribution in [-0.2, 0) is 14.3 Å². The van der Waals surface area contributed by atoms with Gasteiger partial charge in [0.15, 0.2) is 12.3 Å². The van der Waals surface area contributed by atoms with Gasteiger partial charge in [-0.05, 0) is 101 Å². The molecule has 2 N–H and O–H groups in total. The van der Waals surface area contributed by atoms with Gasteiger partial charge in [0.1, 0.15) is 13.3 Å². The largest absolute Gasteiger partial charge is 0.363 e. The number of rotatable bonds is 12. The van der Waals surface area contributed by atoms with Gasteiger partial charge in [0.2, 0.25) is 5.91 Å². The third-order valence-corrected chi connectivity index (χ3v) is 8.70. The first-order chi connectivity index (χ1) is 22.2. The lowest BCUT2D eigenvalue weighted by Crippen LogP contribution is -2.53. The Balaban J connectivity index is 0.00000114. The van der Waals surface area contributed by atoms with E-state index in [4.69, 9.17) is 4.74 Å². The number of likely N-dealkylation sites (tertiary alicyclic amines) is 2. The van der Waals surface area contributed by atoms with Crippen molar-refractivity contribution < 1.29 is 23.1 Å². The van der Waals surface area contributed by atoms with Crippen molar-refractivity contribution in [3.05, 3.63) is 48.0 Å². The molecule has 4 aliphatic rings. The highest BCUT2D eigenvalue weighted by Gasteiger charge is 2.49. The molecule has 46 heavy (non-hydrogen) atoms. The number of carbonyl (C=O) groups excluding carboxylic acids is 2. The highest BCUT2D eigenvalue weighted by molar-refractivity contribution is 5.80. The summed E-state index contributed by atoms with van der Waals surface area (Å²) in [5.74, 6) is 0.226. The zero-order chi connectivity index (χ0) is 34.0. The lowest BCUT2D eigenvalue weighted by Gasteiger charge is -2.53. The van der Waals surface area contributed by atoms with Gasteiger partial charge >= 0.3 is 0 Å². The van der Waals surface area contributed by atoms with Gasteiger partial charge < -0.3 is 20.3 Å². The fourth-order valence-electron chi connectivity index (χ4n) is 6.20. The minimum absolute atomic E-state index is 0.0232. The molecule has 3 atom stereocenters. The smallest absolute Gasteiger partial charge is 0.250 e. The predicted molar refractivity (Wildman–Crippen MR) is 182 cm³/mol. The van der Waals surface area contributed by atoms with Crippen molar-refractivity contribution in [2.24, 2.45) is 26.5 Å². The SMILES string of the molecule is C=N/C=C(\C=C/CN1CCC2(CC1)CC(C(=O)N1CCCCC1C)C2)NC(=O)COCNC1=CC(F)C(F)C=C1.C=NN=C.CC. The number of halogens is 2. The molecule has 0 bridgehead atoms. The fraction of sp³-hybridized carbons (Fsp3) is 0.618. The summed E-state index contributed by atoms with van der Waals surface area (Å²) in [6.45, 7) is 19.1. The summed E-state index contributed by atoms with van der Waals surface area (Å²) in [7, 11) is 0. The number of amides is 2. The third kappa shape index (κ3) is 12.4. The molecular weight excluding hydrogens is 592 g/mol. The Morgan fingerprint density at radius 1 is 1.09 bits per heavy atom. The van der Waals surface area contributed by atoms with E-state index in [1.54, 1.807) is 6.08 Å². The van der Waals surface area contributed by atoms with Gasteiger partial charge in [0.25, 0.3) is 5.91 Å². The molecule has 256 valence electrons. The van der Waals surface area contributed by atoms with Crippen molar-refractivity contribution >= 4 is 32.0 Å². The van der Waals surface area contributed by atoms with E-state index in [0.29, 0.717) is 28.8 Å². The second kappa shape index (κ2) is 20.6. The summed E-state index contributed by atoms with van der Waals surface area (Å²) in [6, 6.07) is 0.386. The van der Waals surface area contributed by atoms with Gasteiger partial charge in [-0.1, -0.05) is 19.9 Å².